The average Bonchev–Trinajstić information content (AvgIpc) is 3.38. The van der Waals surface area contributed by atoms with Crippen molar-refractivity contribution in [3.8, 4) is 5.75 Å². The Hall–Kier alpha value is -2.41. The molecule has 7 heteroatoms. The van der Waals surface area contributed by atoms with Gasteiger partial charge in [0.1, 0.15) is 5.75 Å². The van der Waals surface area contributed by atoms with Crippen molar-refractivity contribution in [1.82, 2.24) is 25.2 Å². The molecule has 1 aromatic carbocycles. The first-order valence-corrected chi connectivity index (χ1v) is 9.81. The van der Waals surface area contributed by atoms with Crippen LogP contribution in [0.15, 0.2) is 30.5 Å². The van der Waals surface area contributed by atoms with Crippen LogP contribution in [-0.4, -0.2) is 58.6 Å². The zero-order valence-electron chi connectivity index (χ0n) is 15.8. The van der Waals surface area contributed by atoms with Gasteiger partial charge in [-0.3, -0.25) is 4.79 Å². The molecule has 0 bridgehead atoms. The SMILES string of the molecule is COc1ccccc1CC1CCCN1C(=O)c1cn(C2CCNCC2)nn1. The average molecular weight is 369 g/mol. The van der Waals surface area contributed by atoms with Gasteiger partial charge < -0.3 is 15.0 Å². The van der Waals surface area contributed by atoms with Crippen molar-refractivity contribution < 1.29 is 9.53 Å². The van der Waals surface area contributed by atoms with Crippen LogP contribution in [0.5, 0.6) is 5.75 Å². The van der Waals surface area contributed by atoms with E-state index < -0.39 is 0 Å². The number of para-hydroxylation sites is 1. The fourth-order valence-electron chi connectivity index (χ4n) is 4.21. The largest absolute Gasteiger partial charge is 0.496 e. The molecule has 144 valence electrons. The molecule has 2 aliphatic rings. The molecule has 2 fully saturated rings. The normalized spacial score (nSPS) is 20.8. The molecule has 0 aliphatic carbocycles. The lowest BCUT2D eigenvalue weighted by Gasteiger charge is -2.24. The summed E-state index contributed by atoms with van der Waals surface area (Å²) < 4.78 is 7.35. The van der Waals surface area contributed by atoms with Gasteiger partial charge in [-0.25, -0.2) is 4.68 Å². The van der Waals surface area contributed by atoms with Crippen LogP contribution in [0.1, 0.15) is 47.8 Å². The number of piperidine rings is 1. The minimum atomic E-state index is -0.00687. The third kappa shape index (κ3) is 3.83. The van der Waals surface area contributed by atoms with E-state index in [4.69, 9.17) is 4.74 Å². The number of methoxy groups -OCH3 is 1. The zero-order valence-corrected chi connectivity index (χ0v) is 15.8. The molecule has 3 heterocycles. The number of hydrogen-bond acceptors (Lipinski definition) is 5. The summed E-state index contributed by atoms with van der Waals surface area (Å²) in [6, 6.07) is 8.55. The number of hydrogen-bond donors (Lipinski definition) is 1. The number of nitrogens with zero attached hydrogens (tertiary/aromatic N) is 4. The molecule has 4 rings (SSSR count). The lowest BCUT2D eigenvalue weighted by molar-refractivity contribution is 0.0730. The van der Waals surface area contributed by atoms with E-state index in [9.17, 15) is 4.79 Å². The number of likely N-dealkylation sites (tertiary alicyclic amines) is 1. The molecule has 0 radical (unpaired) electrons. The molecule has 1 N–H and O–H groups in total. The minimum absolute atomic E-state index is 0.00687. The molecule has 2 aliphatic heterocycles. The van der Waals surface area contributed by atoms with E-state index in [1.165, 1.54) is 0 Å². The third-order valence-corrected chi connectivity index (χ3v) is 5.70. The van der Waals surface area contributed by atoms with Gasteiger partial charge in [0.25, 0.3) is 5.91 Å². The van der Waals surface area contributed by atoms with Crippen LogP contribution in [0.3, 0.4) is 0 Å². The summed E-state index contributed by atoms with van der Waals surface area (Å²) in [5.74, 6) is 0.876. The van der Waals surface area contributed by atoms with Crippen molar-refractivity contribution in [2.45, 2.75) is 44.2 Å². The Labute approximate surface area is 159 Å². The Morgan fingerprint density at radius 3 is 2.89 bits per heavy atom. The predicted molar refractivity (Wildman–Crippen MR) is 102 cm³/mol. The molecule has 1 aromatic heterocycles. The maximum Gasteiger partial charge on any atom is 0.276 e. The molecule has 2 aromatic rings. The van der Waals surface area contributed by atoms with Crippen LogP contribution >= 0.6 is 0 Å². The number of aromatic nitrogens is 3. The number of rotatable bonds is 5. The van der Waals surface area contributed by atoms with Gasteiger partial charge >= 0.3 is 0 Å². The quantitative estimate of drug-likeness (QED) is 0.873. The lowest BCUT2D eigenvalue weighted by atomic mass is 10.0. The van der Waals surface area contributed by atoms with Crippen molar-refractivity contribution in [2.75, 3.05) is 26.7 Å². The van der Waals surface area contributed by atoms with Crippen LogP contribution in [0.25, 0.3) is 0 Å². The minimum Gasteiger partial charge on any atom is -0.496 e. The van der Waals surface area contributed by atoms with Gasteiger partial charge in [0.2, 0.25) is 0 Å². The highest BCUT2D eigenvalue weighted by Gasteiger charge is 2.32. The summed E-state index contributed by atoms with van der Waals surface area (Å²) in [6.07, 6.45) is 6.71. The zero-order chi connectivity index (χ0) is 18.6. The second-order valence-corrected chi connectivity index (χ2v) is 7.38. The van der Waals surface area contributed by atoms with E-state index in [-0.39, 0.29) is 11.9 Å². The monoisotopic (exact) mass is 369 g/mol. The first kappa shape index (κ1) is 18.0. The fraction of sp³-hybridized carbons (Fsp3) is 0.550. The first-order chi connectivity index (χ1) is 13.3. The first-order valence-electron chi connectivity index (χ1n) is 9.81. The number of ether oxygens (including phenoxy) is 1. The summed E-state index contributed by atoms with van der Waals surface area (Å²) >= 11 is 0. The van der Waals surface area contributed by atoms with E-state index in [1.807, 2.05) is 34.0 Å². The maximum absolute atomic E-state index is 13.1. The summed E-state index contributed by atoms with van der Waals surface area (Å²) in [5.41, 5.74) is 1.60. The number of benzene rings is 1. The molecule has 27 heavy (non-hydrogen) atoms. The highest BCUT2D eigenvalue weighted by molar-refractivity contribution is 5.92. The molecule has 1 amide bonds. The number of amides is 1. The summed E-state index contributed by atoms with van der Waals surface area (Å²) in [7, 11) is 1.69. The predicted octanol–water partition coefficient (Wildman–Crippen LogP) is 2.06. The summed E-state index contributed by atoms with van der Waals surface area (Å²) in [6.45, 7) is 2.75. The van der Waals surface area contributed by atoms with Crippen LogP contribution < -0.4 is 10.1 Å². The Morgan fingerprint density at radius 2 is 2.07 bits per heavy atom. The molecule has 7 nitrogen and oxygen atoms in total. The molecule has 1 atom stereocenters. The Balaban J connectivity index is 1.47. The van der Waals surface area contributed by atoms with Crippen molar-refractivity contribution >= 4 is 5.91 Å². The molecule has 0 saturated carbocycles. The standard InChI is InChI=1S/C20H27N5O2/c1-27-19-7-3-2-5-15(19)13-17-6-4-12-24(17)20(26)18-14-25(23-22-18)16-8-10-21-11-9-16/h2-3,5,7,14,16-17,21H,4,6,8-13H2,1H3. The van der Waals surface area contributed by atoms with Crippen molar-refractivity contribution in [1.29, 1.82) is 0 Å². The second kappa shape index (κ2) is 8.08. The van der Waals surface area contributed by atoms with E-state index >= 15 is 0 Å². The van der Waals surface area contributed by atoms with Crippen LogP contribution in [0.2, 0.25) is 0 Å². The highest BCUT2D eigenvalue weighted by Crippen LogP contribution is 2.27. The van der Waals surface area contributed by atoms with E-state index in [2.05, 4.69) is 21.7 Å². The van der Waals surface area contributed by atoms with Gasteiger partial charge in [0.15, 0.2) is 5.69 Å². The molecule has 0 spiro atoms. The lowest BCUT2D eigenvalue weighted by Crippen LogP contribution is -2.37. The molecule has 2 saturated heterocycles. The number of carbonyl (C=O) groups is 1. The third-order valence-electron chi connectivity index (χ3n) is 5.70. The van der Waals surface area contributed by atoms with Crippen molar-refractivity contribution in [3.05, 3.63) is 41.7 Å². The summed E-state index contributed by atoms with van der Waals surface area (Å²) in [4.78, 5) is 15.0. The van der Waals surface area contributed by atoms with E-state index in [1.54, 1.807) is 7.11 Å². The molecular formula is C20H27N5O2. The smallest absolute Gasteiger partial charge is 0.276 e. The Bertz CT molecular complexity index is 784. The number of carbonyl (C=O) groups excluding carboxylic acids is 1. The fourth-order valence-corrected chi connectivity index (χ4v) is 4.21. The van der Waals surface area contributed by atoms with Gasteiger partial charge in [-0.05, 0) is 56.8 Å². The van der Waals surface area contributed by atoms with Gasteiger partial charge in [0.05, 0.1) is 19.3 Å². The van der Waals surface area contributed by atoms with Crippen LogP contribution in [0.4, 0.5) is 0 Å². The van der Waals surface area contributed by atoms with Crippen LogP contribution in [-0.2, 0) is 6.42 Å². The van der Waals surface area contributed by atoms with Gasteiger partial charge in [0, 0.05) is 12.6 Å². The molecular weight excluding hydrogens is 342 g/mol. The topological polar surface area (TPSA) is 72.3 Å². The van der Waals surface area contributed by atoms with Gasteiger partial charge in [-0.2, -0.15) is 0 Å². The van der Waals surface area contributed by atoms with Gasteiger partial charge in [-0.1, -0.05) is 23.4 Å². The van der Waals surface area contributed by atoms with E-state index in [0.717, 1.165) is 63.1 Å². The molecule has 1 unspecified atom stereocenters. The van der Waals surface area contributed by atoms with E-state index in [0.29, 0.717) is 11.7 Å². The summed E-state index contributed by atoms with van der Waals surface area (Å²) in [5, 5.41) is 11.8. The van der Waals surface area contributed by atoms with Crippen molar-refractivity contribution in [2.24, 2.45) is 0 Å². The highest BCUT2D eigenvalue weighted by atomic mass is 16.5. The Morgan fingerprint density at radius 1 is 1.26 bits per heavy atom. The van der Waals surface area contributed by atoms with Gasteiger partial charge in [-0.15, -0.1) is 5.10 Å². The van der Waals surface area contributed by atoms with Crippen molar-refractivity contribution in [3.63, 3.8) is 0 Å². The second-order valence-electron chi connectivity index (χ2n) is 7.38. The number of nitrogens with one attached hydrogen (secondary N) is 1. The van der Waals surface area contributed by atoms with Crippen LogP contribution in [0, 0.1) is 0 Å². The Kier molecular flexibility index (Phi) is 5.38. The maximum atomic E-state index is 13.1.